The fraction of sp³-hybridized carbons (Fsp3) is 0.263. The standard InChI is InChI=1S/C19H17N3O3/c1-11-9-12(7-8-20-11)13-3-2-4-14-15(13)10-22(19(14)25)16-5-6-17(23)21-18(16)24/h2-4,7-9,16H,5-6,10H2,1H3,(H,21,23,24). The van der Waals surface area contributed by atoms with E-state index in [0.29, 0.717) is 18.5 Å². The highest BCUT2D eigenvalue weighted by Crippen LogP contribution is 2.34. The number of amides is 3. The minimum Gasteiger partial charge on any atom is -0.322 e. The van der Waals surface area contributed by atoms with Crippen LogP contribution in [0.4, 0.5) is 0 Å². The summed E-state index contributed by atoms with van der Waals surface area (Å²) >= 11 is 0. The lowest BCUT2D eigenvalue weighted by atomic mass is 9.97. The number of nitrogens with zero attached hydrogens (tertiary/aromatic N) is 2. The summed E-state index contributed by atoms with van der Waals surface area (Å²) in [6.07, 6.45) is 2.37. The van der Waals surface area contributed by atoms with Crippen LogP contribution in [0.3, 0.4) is 0 Å². The summed E-state index contributed by atoms with van der Waals surface area (Å²) in [6.45, 7) is 2.30. The molecule has 0 bridgehead atoms. The molecule has 4 rings (SSSR count). The van der Waals surface area contributed by atoms with Crippen molar-refractivity contribution in [2.45, 2.75) is 32.4 Å². The van der Waals surface area contributed by atoms with Crippen molar-refractivity contribution in [1.29, 1.82) is 0 Å². The molecule has 0 radical (unpaired) electrons. The zero-order valence-electron chi connectivity index (χ0n) is 13.8. The van der Waals surface area contributed by atoms with E-state index in [2.05, 4.69) is 10.3 Å². The molecule has 0 spiro atoms. The van der Waals surface area contributed by atoms with Crippen molar-refractivity contribution < 1.29 is 14.4 Å². The fourth-order valence-electron chi connectivity index (χ4n) is 3.57. The maximum atomic E-state index is 12.8. The lowest BCUT2D eigenvalue weighted by Gasteiger charge is -2.29. The number of nitrogens with one attached hydrogen (secondary N) is 1. The van der Waals surface area contributed by atoms with Crippen molar-refractivity contribution in [3.8, 4) is 11.1 Å². The van der Waals surface area contributed by atoms with Gasteiger partial charge in [-0.15, -0.1) is 0 Å². The molecule has 6 heteroatoms. The Bertz CT molecular complexity index is 907. The van der Waals surface area contributed by atoms with E-state index < -0.39 is 11.9 Å². The Balaban J connectivity index is 1.71. The van der Waals surface area contributed by atoms with Crippen molar-refractivity contribution in [2.75, 3.05) is 0 Å². The molecule has 1 N–H and O–H groups in total. The monoisotopic (exact) mass is 335 g/mol. The van der Waals surface area contributed by atoms with Gasteiger partial charge in [0.05, 0.1) is 0 Å². The number of hydrogen-bond acceptors (Lipinski definition) is 4. The molecule has 6 nitrogen and oxygen atoms in total. The Morgan fingerprint density at radius 2 is 1.96 bits per heavy atom. The first kappa shape index (κ1) is 15.5. The van der Waals surface area contributed by atoms with Crippen LogP contribution < -0.4 is 5.32 Å². The van der Waals surface area contributed by atoms with Crippen LogP contribution in [-0.4, -0.2) is 33.6 Å². The molecule has 0 saturated carbocycles. The summed E-state index contributed by atoms with van der Waals surface area (Å²) in [5.41, 5.74) is 4.43. The van der Waals surface area contributed by atoms with Gasteiger partial charge in [0.25, 0.3) is 5.91 Å². The van der Waals surface area contributed by atoms with E-state index in [4.69, 9.17) is 0 Å². The second-order valence-corrected chi connectivity index (χ2v) is 6.42. The number of pyridine rings is 1. The van der Waals surface area contributed by atoms with Crippen LogP contribution in [0.25, 0.3) is 11.1 Å². The molecule has 2 aliphatic heterocycles. The first-order chi connectivity index (χ1) is 12.0. The van der Waals surface area contributed by atoms with E-state index >= 15 is 0 Å². The minimum atomic E-state index is -0.593. The molecule has 3 heterocycles. The second-order valence-electron chi connectivity index (χ2n) is 6.42. The number of aromatic nitrogens is 1. The Morgan fingerprint density at radius 3 is 2.72 bits per heavy atom. The van der Waals surface area contributed by atoms with E-state index in [-0.39, 0.29) is 18.2 Å². The van der Waals surface area contributed by atoms with Gasteiger partial charge < -0.3 is 4.90 Å². The molecule has 25 heavy (non-hydrogen) atoms. The van der Waals surface area contributed by atoms with Crippen molar-refractivity contribution in [1.82, 2.24) is 15.2 Å². The van der Waals surface area contributed by atoms with Crippen LogP contribution in [-0.2, 0) is 16.1 Å². The van der Waals surface area contributed by atoms with Gasteiger partial charge in [-0.05, 0) is 48.2 Å². The molecule has 1 fully saturated rings. The Morgan fingerprint density at radius 1 is 1.16 bits per heavy atom. The number of benzene rings is 1. The number of aryl methyl sites for hydroxylation is 1. The highest BCUT2D eigenvalue weighted by Gasteiger charge is 2.39. The first-order valence-electron chi connectivity index (χ1n) is 8.24. The largest absolute Gasteiger partial charge is 0.322 e. The van der Waals surface area contributed by atoms with Gasteiger partial charge in [-0.2, -0.15) is 0 Å². The van der Waals surface area contributed by atoms with Gasteiger partial charge in [-0.3, -0.25) is 24.7 Å². The van der Waals surface area contributed by atoms with Crippen molar-refractivity contribution in [3.63, 3.8) is 0 Å². The number of carbonyl (C=O) groups is 3. The molecule has 2 aromatic rings. The number of piperidine rings is 1. The smallest absolute Gasteiger partial charge is 0.255 e. The number of rotatable bonds is 2. The number of fused-ring (bicyclic) bond motifs is 1. The molecule has 0 aliphatic carbocycles. The van der Waals surface area contributed by atoms with Gasteiger partial charge in [0.1, 0.15) is 6.04 Å². The predicted octanol–water partition coefficient (Wildman–Crippen LogP) is 1.82. The van der Waals surface area contributed by atoms with Gasteiger partial charge >= 0.3 is 0 Å². The number of imide groups is 1. The molecule has 1 unspecified atom stereocenters. The highest BCUT2D eigenvalue weighted by atomic mass is 16.2. The lowest BCUT2D eigenvalue weighted by Crippen LogP contribution is -2.52. The third kappa shape index (κ3) is 2.59. The lowest BCUT2D eigenvalue weighted by molar-refractivity contribution is -0.136. The summed E-state index contributed by atoms with van der Waals surface area (Å²) in [4.78, 5) is 42.1. The maximum absolute atomic E-state index is 12.8. The summed E-state index contributed by atoms with van der Waals surface area (Å²) < 4.78 is 0. The molecule has 1 aromatic heterocycles. The quantitative estimate of drug-likeness (QED) is 0.849. The number of hydrogen-bond donors (Lipinski definition) is 1. The normalized spacial score (nSPS) is 19.8. The van der Waals surface area contributed by atoms with E-state index in [1.54, 1.807) is 17.2 Å². The van der Waals surface area contributed by atoms with Crippen LogP contribution in [0, 0.1) is 6.92 Å². The second kappa shape index (κ2) is 5.81. The average Bonchev–Trinajstić information content (AvgIpc) is 2.92. The van der Waals surface area contributed by atoms with Gasteiger partial charge in [0.2, 0.25) is 11.8 Å². The molecule has 1 atom stereocenters. The molecule has 1 aromatic carbocycles. The average molecular weight is 335 g/mol. The predicted molar refractivity (Wildman–Crippen MR) is 90.5 cm³/mol. The molecular formula is C19H17N3O3. The van der Waals surface area contributed by atoms with Crippen molar-refractivity contribution in [3.05, 3.63) is 53.3 Å². The molecule has 126 valence electrons. The zero-order chi connectivity index (χ0) is 17.6. The molecule has 2 aliphatic rings. The van der Waals surface area contributed by atoms with E-state index in [9.17, 15) is 14.4 Å². The van der Waals surface area contributed by atoms with Gasteiger partial charge in [-0.25, -0.2) is 0 Å². The van der Waals surface area contributed by atoms with Crippen molar-refractivity contribution >= 4 is 17.7 Å². The van der Waals surface area contributed by atoms with E-state index in [0.717, 1.165) is 22.4 Å². The summed E-state index contributed by atoms with van der Waals surface area (Å²) in [5, 5.41) is 2.33. The fourth-order valence-corrected chi connectivity index (χ4v) is 3.57. The van der Waals surface area contributed by atoms with E-state index in [1.165, 1.54) is 0 Å². The van der Waals surface area contributed by atoms with Gasteiger partial charge in [-0.1, -0.05) is 12.1 Å². The summed E-state index contributed by atoms with van der Waals surface area (Å²) in [7, 11) is 0. The third-order valence-electron chi connectivity index (χ3n) is 4.79. The zero-order valence-corrected chi connectivity index (χ0v) is 13.8. The summed E-state index contributed by atoms with van der Waals surface area (Å²) in [5.74, 6) is -0.825. The Kier molecular flexibility index (Phi) is 3.60. The number of carbonyl (C=O) groups excluding carboxylic acids is 3. The van der Waals surface area contributed by atoms with Crippen LogP contribution in [0.5, 0.6) is 0 Å². The SMILES string of the molecule is Cc1cc(-c2cccc3c2CN(C2CCC(=O)NC2=O)C3=O)ccn1. The Hall–Kier alpha value is -3.02. The van der Waals surface area contributed by atoms with E-state index in [1.807, 2.05) is 31.2 Å². The summed E-state index contributed by atoms with van der Waals surface area (Å²) in [6, 6.07) is 8.94. The maximum Gasteiger partial charge on any atom is 0.255 e. The topological polar surface area (TPSA) is 79.4 Å². The van der Waals surface area contributed by atoms with Gasteiger partial charge in [0.15, 0.2) is 0 Å². The Labute approximate surface area is 144 Å². The molecule has 1 saturated heterocycles. The van der Waals surface area contributed by atoms with Crippen LogP contribution in [0.1, 0.15) is 34.5 Å². The van der Waals surface area contributed by atoms with Crippen molar-refractivity contribution in [2.24, 2.45) is 0 Å². The molecular weight excluding hydrogens is 318 g/mol. The van der Waals surface area contributed by atoms with Crippen LogP contribution >= 0.6 is 0 Å². The minimum absolute atomic E-state index is 0.155. The third-order valence-corrected chi connectivity index (χ3v) is 4.79. The highest BCUT2D eigenvalue weighted by molar-refractivity contribution is 6.06. The molecule has 3 amide bonds. The first-order valence-corrected chi connectivity index (χ1v) is 8.24. The van der Waals surface area contributed by atoms with Crippen LogP contribution in [0.2, 0.25) is 0 Å². The van der Waals surface area contributed by atoms with Gasteiger partial charge in [0, 0.05) is 30.4 Å². The van der Waals surface area contributed by atoms with Crippen LogP contribution in [0.15, 0.2) is 36.5 Å².